The molecule has 0 bridgehead atoms. The van der Waals surface area contributed by atoms with Crippen LogP contribution in [0.2, 0.25) is 0 Å². The molecule has 1 N–H and O–H groups in total. The first-order chi connectivity index (χ1) is 11.7. The van der Waals surface area contributed by atoms with Crippen molar-refractivity contribution in [3.63, 3.8) is 0 Å². The molecule has 122 valence electrons. The molecule has 0 radical (unpaired) electrons. The summed E-state index contributed by atoms with van der Waals surface area (Å²) >= 11 is 5.49. The van der Waals surface area contributed by atoms with Crippen molar-refractivity contribution in [3.05, 3.63) is 78.3 Å². The van der Waals surface area contributed by atoms with Crippen LogP contribution in [0.5, 0.6) is 0 Å². The number of thiocarbonyl (C=S) groups is 1. The van der Waals surface area contributed by atoms with Crippen molar-refractivity contribution in [1.29, 1.82) is 0 Å². The summed E-state index contributed by atoms with van der Waals surface area (Å²) in [6, 6.07) is 14.2. The van der Waals surface area contributed by atoms with E-state index in [9.17, 15) is 0 Å². The fourth-order valence-corrected chi connectivity index (χ4v) is 3.48. The predicted octanol–water partition coefficient (Wildman–Crippen LogP) is 3.13. The maximum Gasteiger partial charge on any atom is 0.169 e. The van der Waals surface area contributed by atoms with Gasteiger partial charge < -0.3 is 19.2 Å². The number of furan rings is 1. The summed E-state index contributed by atoms with van der Waals surface area (Å²) in [7, 11) is 2.02. The highest BCUT2D eigenvalue weighted by Gasteiger charge is 2.39. The van der Waals surface area contributed by atoms with Crippen LogP contribution >= 0.6 is 12.2 Å². The summed E-state index contributed by atoms with van der Waals surface area (Å²) in [4.78, 5) is 6.62. The molecular formula is C18H18N4OS. The van der Waals surface area contributed by atoms with Crippen LogP contribution in [0.3, 0.4) is 0 Å². The molecule has 0 aliphatic carbocycles. The Balaban J connectivity index is 1.71. The van der Waals surface area contributed by atoms with Gasteiger partial charge in [0.05, 0.1) is 30.6 Å². The second kappa shape index (κ2) is 6.13. The van der Waals surface area contributed by atoms with E-state index in [1.807, 2.05) is 43.6 Å². The molecule has 3 aromatic heterocycles. The highest BCUT2D eigenvalue weighted by molar-refractivity contribution is 7.80. The summed E-state index contributed by atoms with van der Waals surface area (Å²) in [6.45, 7) is 0.696. The lowest BCUT2D eigenvalue weighted by molar-refractivity contribution is 0.348. The SMILES string of the molecule is CN1C(=S)N[C@H](c2ccccn2)[C@H]1c1cccn1Cc1ccco1. The minimum absolute atomic E-state index is 0.0222. The number of likely N-dealkylation sites (N-methyl/N-ethyl adjacent to an activating group) is 1. The van der Waals surface area contributed by atoms with Gasteiger partial charge in [-0.1, -0.05) is 6.07 Å². The number of hydrogen-bond donors (Lipinski definition) is 1. The quantitative estimate of drug-likeness (QED) is 0.741. The average molecular weight is 338 g/mol. The van der Waals surface area contributed by atoms with Gasteiger partial charge in [0.1, 0.15) is 5.76 Å². The molecule has 1 aliphatic heterocycles. The van der Waals surface area contributed by atoms with Crippen LogP contribution in [0.25, 0.3) is 0 Å². The Labute approximate surface area is 145 Å². The number of pyridine rings is 1. The van der Waals surface area contributed by atoms with E-state index in [1.165, 1.54) is 5.69 Å². The predicted molar refractivity (Wildman–Crippen MR) is 95.5 cm³/mol. The van der Waals surface area contributed by atoms with Gasteiger partial charge in [-0.25, -0.2) is 0 Å². The van der Waals surface area contributed by atoms with E-state index in [-0.39, 0.29) is 12.1 Å². The summed E-state index contributed by atoms with van der Waals surface area (Å²) in [5.74, 6) is 0.929. The monoisotopic (exact) mass is 338 g/mol. The number of nitrogens with one attached hydrogen (secondary N) is 1. The van der Waals surface area contributed by atoms with Crippen molar-refractivity contribution in [2.45, 2.75) is 18.6 Å². The standard InChI is InChI=1S/C18H18N4OS/c1-21-17(16(20-18(21)24)14-7-2-3-9-19-14)15-8-4-10-22(15)12-13-6-5-11-23-13/h2-11,16-17H,12H2,1H3,(H,20,24)/t16-,17-/m1/s1. The lowest BCUT2D eigenvalue weighted by Crippen LogP contribution is -2.26. The van der Waals surface area contributed by atoms with Gasteiger partial charge in [-0.15, -0.1) is 0 Å². The van der Waals surface area contributed by atoms with Crippen LogP contribution in [0, 0.1) is 0 Å². The van der Waals surface area contributed by atoms with E-state index >= 15 is 0 Å². The normalized spacial score (nSPS) is 20.4. The number of rotatable bonds is 4. The van der Waals surface area contributed by atoms with E-state index in [1.54, 1.807) is 6.26 Å². The topological polar surface area (TPSA) is 46.2 Å². The van der Waals surface area contributed by atoms with Crippen molar-refractivity contribution >= 4 is 17.3 Å². The van der Waals surface area contributed by atoms with Gasteiger partial charge in [-0.2, -0.15) is 0 Å². The van der Waals surface area contributed by atoms with E-state index in [0.717, 1.165) is 16.6 Å². The van der Waals surface area contributed by atoms with Crippen LogP contribution in [-0.4, -0.2) is 26.6 Å². The molecule has 3 aromatic rings. The van der Waals surface area contributed by atoms with Gasteiger partial charge in [0.2, 0.25) is 0 Å². The second-order valence-electron chi connectivity index (χ2n) is 5.88. The molecule has 1 saturated heterocycles. The van der Waals surface area contributed by atoms with Crippen molar-refractivity contribution < 1.29 is 4.42 Å². The van der Waals surface area contributed by atoms with Crippen LogP contribution in [0.4, 0.5) is 0 Å². The average Bonchev–Trinajstić information content (AvgIpc) is 3.32. The zero-order valence-corrected chi connectivity index (χ0v) is 14.1. The minimum atomic E-state index is 0.0222. The van der Waals surface area contributed by atoms with E-state index in [0.29, 0.717) is 6.54 Å². The fraction of sp³-hybridized carbons (Fsp3) is 0.222. The Morgan fingerprint density at radius 1 is 1.21 bits per heavy atom. The van der Waals surface area contributed by atoms with Crippen LogP contribution < -0.4 is 5.32 Å². The van der Waals surface area contributed by atoms with Crippen LogP contribution in [-0.2, 0) is 6.54 Å². The third-order valence-electron chi connectivity index (χ3n) is 4.41. The fourth-order valence-electron chi connectivity index (χ4n) is 3.24. The zero-order chi connectivity index (χ0) is 16.5. The summed E-state index contributed by atoms with van der Waals surface area (Å²) in [6.07, 6.45) is 5.59. The molecule has 0 spiro atoms. The molecule has 0 amide bonds. The minimum Gasteiger partial charge on any atom is -0.467 e. The number of aromatic nitrogens is 2. The number of nitrogens with zero attached hydrogens (tertiary/aromatic N) is 3. The molecule has 1 fully saturated rings. The second-order valence-corrected chi connectivity index (χ2v) is 6.26. The summed E-state index contributed by atoms with van der Waals surface area (Å²) in [5, 5.41) is 4.14. The smallest absolute Gasteiger partial charge is 0.169 e. The van der Waals surface area contributed by atoms with Gasteiger partial charge in [0.25, 0.3) is 0 Å². The molecule has 5 nitrogen and oxygen atoms in total. The third-order valence-corrected chi connectivity index (χ3v) is 4.82. The highest BCUT2D eigenvalue weighted by Crippen LogP contribution is 2.37. The Bertz CT molecular complexity index is 828. The Kier molecular flexibility index (Phi) is 3.82. The Morgan fingerprint density at radius 3 is 2.88 bits per heavy atom. The molecule has 4 heterocycles. The van der Waals surface area contributed by atoms with Gasteiger partial charge in [-0.3, -0.25) is 4.98 Å². The summed E-state index contributed by atoms with van der Waals surface area (Å²) in [5.41, 5.74) is 2.16. The largest absolute Gasteiger partial charge is 0.467 e. The van der Waals surface area contributed by atoms with Gasteiger partial charge in [0, 0.05) is 25.1 Å². The molecule has 0 aromatic carbocycles. The Hall–Kier alpha value is -2.60. The molecule has 1 aliphatic rings. The third kappa shape index (κ3) is 2.59. The van der Waals surface area contributed by atoms with Crippen LogP contribution in [0.15, 0.2) is 65.5 Å². The van der Waals surface area contributed by atoms with E-state index < -0.39 is 0 Å². The van der Waals surface area contributed by atoms with Crippen molar-refractivity contribution in [2.75, 3.05) is 7.05 Å². The molecule has 0 saturated carbocycles. The van der Waals surface area contributed by atoms with Crippen molar-refractivity contribution in [3.8, 4) is 0 Å². The molecule has 24 heavy (non-hydrogen) atoms. The highest BCUT2D eigenvalue weighted by atomic mass is 32.1. The number of hydrogen-bond acceptors (Lipinski definition) is 3. The van der Waals surface area contributed by atoms with Gasteiger partial charge >= 0.3 is 0 Å². The van der Waals surface area contributed by atoms with Crippen molar-refractivity contribution in [2.24, 2.45) is 0 Å². The molecule has 0 unspecified atom stereocenters. The molecule has 2 atom stereocenters. The first-order valence-corrected chi connectivity index (χ1v) is 8.26. The first kappa shape index (κ1) is 15.0. The molecule has 6 heteroatoms. The van der Waals surface area contributed by atoms with Crippen LogP contribution in [0.1, 0.15) is 29.2 Å². The van der Waals surface area contributed by atoms with E-state index in [2.05, 4.69) is 38.1 Å². The maximum atomic E-state index is 5.50. The molecular weight excluding hydrogens is 320 g/mol. The lowest BCUT2D eigenvalue weighted by atomic mass is 10.0. The molecule has 4 rings (SSSR count). The van der Waals surface area contributed by atoms with E-state index in [4.69, 9.17) is 16.6 Å². The maximum absolute atomic E-state index is 5.50. The zero-order valence-electron chi connectivity index (χ0n) is 13.3. The summed E-state index contributed by atoms with van der Waals surface area (Å²) < 4.78 is 7.70. The van der Waals surface area contributed by atoms with Crippen molar-refractivity contribution in [1.82, 2.24) is 19.8 Å². The Morgan fingerprint density at radius 2 is 2.12 bits per heavy atom. The lowest BCUT2D eigenvalue weighted by Gasteiger charge is -2.25. The van der Waals surface area contributed by atoms with Gasteiger partial charge in [-0.05, 0) is 48.6 Å². The first-order valence-electron chi connectivity index (χ1n) is 7.86. The van der Waals surface area contributed by atoms with Gasteiger partial charge in [0.15, 0.2) is 5.11 Å².